The van der Waals surface area contributed by atoms with Gasteiger partial charge < -0.3 is 10.1 Å². The lowest BCUT2D eigenvalue weighted by molar-refractivity contribution is -0.384. The van der Waals surface area contributed by atoms with Crippen LogP contribution in [-0.4, -0.2) is 24.1 Å². The normalized spacial score (nSPS) is 12.4. The summed E-state index contributed by atoms with van der Waals surface area (Å²) in [5.74, 6) is 1.39. The number of nitro groups is 1. The Balaban J connectivity index is 2.19. The molecule has 0 fully saturated rings. The number of rotatable bonds is 9. The fraction of sp³-hybridized carbons (Fsp3) is 0.600. The number of non-ortho nitro benzene ring substituents is 1. The van der Waals surface area contributed by atoms with E-state index in [1.54, 1.807) is 12.1 Å². The smallest absolute Gasteiger partial charge is 0.269 e. The molecule has 0 aliphatic rings. The second kappa shape index (κ2) is 8.53. The van der Waals surface area contributed by atoms with Crippen LogP contribution in [0.1, 0.15) is 33.6 Å². The van der Waals surface area contributed by atoms with E-state index in [1.807, 2.05) is 0 Å². The zero-order chi connectivity index (χ0) is 15.0. The van der Waals surface area contributed by atoms with E-state index in [2.05, 4.69) is 26.1 Å². The van der Waals surface area contributed by atoms with Crippen molar-refractivity contribution in [3.63, 3.8) is 0 Å². The summed E-state index contributed by atoms with van der Waals surface area (Å²) >= 11 is 0. The summed E-state index contributed by atoms with van der Waals surface area (Å²) in [6.07, 6.45) is 2.38. The molecule has 0 radical (unpaired) electrons. The third-order valence-corrected chi connectivity index (χ3v) is 3.09. The third kappa shape index (κ3) is 6.52. The maximum Gasteiger partial charge on any atom is 0.269 e. The number of ether oxygens (including phenoxy) is 1. The van der Waals surface area contributed by atoms with Crippen LogP contribution in [0.3, 0.4) is 0 Å². The highest BCUT2D eigenvalue weighted by molar-refractivity contribution is 5.35. The molecule has 0 aromatic heterocycles. The van der Waals surface area contributed by atoms with Gasteiger partial charge in [0.1, 0.15) is 12.4 Å². The van der Waals surface area contributed by atoms with Crippen molar-refractivity contribution < 1.29 is 9.66 Å². The van der Waals surface area contributed by atoms with Crippen LogP contribution in [0, 0.1) is 16.0 Å². The van der Waals surface area contributed by atoms with E-state index in [4.69, 9.17) is 4.74 Å². The van der Waals surface area contributed by atoms with Gasteiger partial charge in [0, 0.05) is 24.7 Å². The Morgan fingerprint density at radius 3 is 2.40 bits per heavy atom. The molecule has 1 aromatic rings. The van der Waals surface area contributed by atoms with Crippen LogP contribution in [0.15, 0.2) is 24.3 Å². The van der Waals surface area contributed by atoms with Crippen LogP contribution in [-0.2, 0) is 0 Å². The lowest BCUT2D eigenvalue weighted by Crippen LogP contribution is -2.30. The molecule has 0 amide bonds. The minimum absolute atomic E-state index is 0.0813. The lowest BCUT2D eigenvalue weighted by atomic mass is 10.0. The number of nitro benzene ring substituents is 1. The molecule has 1 unspecified atom stereocenters. The first-order valence-electron chi connectivity index (χ1n) is 7.09. The highest BCUT2D eigenvalue weighted by atomic mass is 16.6. The monoisotopic (exact) mass is 280 g/mol. The molecule has 5 nitrogen and oxygen atoms in total. The van der Waals surface area contributed by atoms with Crippen LogP contribution in [0.2, 0.25) is 0 Å². The van der Waals surface area contributed by atoms with Crippen molar-refractivity contribution in [1.82, 2.24) is 5.32 Å². The average molecular weight is 280 g/mol. The van der Waals surface area contributed by atoms with Crippen molar-refractivity contribution >= 4 is 5.69 Å². The third-order valence-electron chi connectivity index (χ3n) is 3.09. The molecule has 20 heavy (non-hydrogen) atoms. The summed E-state index contributed by atoms with van der Waals surface area (Å²) in [4.78, 5) is 10.1. The second-order valence-corrected chi connectivity index (χ2v) is 5.43. The average Bonchev–Trinajstić information content (AvgIpc) is 2.42. The predicted molar refractivity (Wildman–Crippen MR) is 80.1 cm³/mol. The molecule has 1 atom stereocenters. The Morgan fingerprint density at radius 1 is 1.20 bits per heavy atom. The molecule has 0 aliphatic carbocycles. The molecule has 0 saturated heterocycles. The number of hydrogen-bond donors (Lipinski definition) is 1. The van der Waals surface area contributed by atoms with Gasteiger partial charge in [-0.2, -0.15) is 0 Å². The second-order valence-electron chi connectivity index (χ2n) is 5.43. The fourth-order valence-electron chi connectivity index (χ4n) is 1.82. The van der Waals surface area contributed by atoms with Gasteiger partial charge in [0.2, 0.25) is 0 Å². The van der Waals surface area contributed by atoms with E-state index >= 15 is 0 Å². The van der Waals surface area contributed by atoms with E-state index in [0.717, 1.165) is 18.9 Å². The Hall–Kier alpha value is -1.62. The number of hydrogen-bond acceptors (Lipinski definition) is 4. The van der Waals surface area contributed by atoms with Crippen molar-refractivity contribution in [3.05, 3.63) is 34.4 Å². The van der Waals surface area contributed by atoms with Crippen molar-refractivity contribution in [2.45, 2.75) is 39.7 Å². The topological polar surface area (TPSA) is 64.4 Å². The first-order valence-corrected chi connectivity index (χ1v) is 7.09. The van der Waals surface area contributed by atoms with Crippen LogP contribution >= 0.6 is 0 Å². The Bertz CT molecular complexity index is 404. The highest BCUT2D eigenvalue weighted by Crippen LogP contribution is 2.17. The van der Waals surface area contributed by atoms with Gasteiger partial charge in [-0.15, -0.1) is 0 Å². The highest BCUT2D eigenvalue weighted by Gasteiger charge is 2.05. The Labute approximate surface area is 120 Å². The van der Waals surface area contributed by atoms with Gasteiger partial charge >= 0.3 is 0 Å². The van der Waals surface area contributed by atoms with E-state index in [-0.39, 0.29) is 5.69 Å². The van der Waals surface area contributed by atoms with E-state index in [1.165, 1.54) is 18.6 Å². The van der Waals surface area contributed by atoms with Gasteiger partial charge in [-0.1, -0.05) is 13.8 Å². The Kier molecular flexibility index (Phi) is 7.01. The number of nitrogens with zero attached hydrogens (tertiary/aromatic N) is 1. The summed E-state index contributed by atoms with van der Waals surface area (Å²) in [5.41, 5.74) is 0.0813. The predicted octanol–water partition coefficient (Wildman–Crippen LogP) is 3.39. The van der Waals surface area contributed by atoms with Crippen molar-refractivity contribution in [2.24, 2.45) is 5.92 Å². The standard InChI is InChI=1S/C15H24N2O3/c1-12(2)4-5-13(3)16-10-11-20-15-8-6-14(7-9-15)17(18)19/h6-9,12-13,16H,4-5,10-11H2,1-3H3. The van der Waals surface area contributed by atoms with Crippen molar-refractivity contribution in [2.75, 3.05) is 13.2 Å². The molecule has 0 saturated carbocycles. The van der Waals surface area contributed by atoms with Gasteiger partial charge in [-0.25, -0.2) is 0 Å². The summed E-state index contributed by atoms with van der Waals surface area (Å²) in [6.45, 7) is 7.96. The van der Waals surface area contributed by atoms with Gasteiger partial charge in [0.25, 0.3) is 5.69 Å². The summed E-state index contributed by atoms with van der Waals surface area (Å²) < 4.78 is 5.53. The molecule has 112 valence electrons. The molecule has 0 spiro atoms. The molecule has 0 bridgehead atoms. The Morgan fingerprint density at radius 2 is 1.85 bits per heavy atom. The molecule has 0 aliphatic heterocycles. The summed E-state index contributed by atoms with van der Waals surface area (Å²) in [6, 6.07) is 6.64. The summed E-state index contributed by atoms with van der Waals surface area (Å²) in [7, 11) is 0. The molecule has 5 heteroatoms. The summed E-state index contributed by atoms with van der Waals surface area (Å²) in [5, 5.41) is 13.9. The maximum atomic E-state index is 10.5. The molecule has 0 heterocycles. The van der Waals surface area contributed by atoms with E-state index in [9.17, 15) is 10.1 Å². The molecule has 1 aromatic carbocycles. The molecular formula is C15H24N2O3. The largest absolute Gasteiger partial charge is 0.492 e. The first-order chi connectivity index (χ1) is 9.49. The zero-order valence-corrected chi connectivity index (χ0v) is 12.5. The van der Waals surface area contributed by atoms with E-state index in [0.29, 0.717) is 18.4 Å². The van der Waals surface area contributed by atoms with Crippen molar-refractivity contribution in [1.29, 1.82) is 0 Å². The molecular weight excluding hydrogens is 256 g/mol. The minimum Gasteiger partial charge on any atom is -0.492 e. The number of benzene rings is 1. The minimum atomic E-state index is -0.415. The SMILES string of the molecule is CC(C)CCC(C)NCCOc1ccc([N+](=O)[O-])cc1. The van der Waals surface area contributed by atoms with Crippen LogP contribution < -0.4 is 10.1 Å². The number of nitrogens with one attached hydrogen (secondary N) is 1. The first kappa shape index (κ1) is 16.4. The van der Waals surface area contributed by atoms with Crippen molar-refractivity contribution in [3.8, 4) is 5.75 Å². The van der Waals surface area contributed by atoms with Gasteiger partial charge in [0.05, 0.1) is 4.92 Å². The maximum absolute atomic E-state index is 10.5. The lowest BCUT2D eigenvalue weighted by Gasteiger charge is -2.15. The van der Waals surface area contributed by atoms with Gasteiger partial charge in [-0.3, -0.25) is 10.1 Å². The quantitative estimate of drug-likeness (QED) is 0.428. The van der Waals surface area contributed by atoms with Gasteiger partial charge in [-0.05, 0) is 37.8 Å². The molecule has 1 N–H and O–H groups in total. The van der Waals surface area contributed by atoms with Gasteiger partial charge in [0.15, 0.2) is 0 Å². The zero-order valence-electron chi connectivity index (χ0n) is 12.5. The van der Waals surface area contributed by atoms with Crippen LogP contribution in [0.25, 0.3) is 0 Å². The van der Waals surface area contributed by atoms with Crippen LogP contribution in [0.4, 0.5) is 5.69 Å². The van der Waals surface area contributed by atoms with Crippen LogP contribution in [0.5, 0.6) is 5.75 Å². The fourth-order valence-corrected chi connectivity index (χ4v) is 1.82. The molecule has 1 rings (SSSR count). The van der Waals surface area contributed by atoms with E-state index < -0.39 is 4.92 Å².